The maximum absolute atomic E-state index is 10.9. The molecular weight excluding hydrogens is 222 g/mol. The van der Waals surface area contributed by atoms with E-state index in [0.29, 0.717) is 0 Å². The third-order valence-electron chi connectivity index (χ3n) is 2.16. The average Bonchev–Trinajstić information content (AvgIpc) is 2.21. The molecule has 0 unspecified atom stereocenters. The first-order valence-corrected chi connectivity index (χ1v) is 6.18. The van der Waals surface area contributed by atoms with Gasteiger partial charge >= 0.3 is 5.97 Å². The Hall–Kier alpha value is -1.16. The van der Waals surface area contributed by atoms with E-state index in [0.717, 1.165) is 11.4 Å². The zero-order chi connectivity index (χ0) is 12.2. The molecule has 2 N–H and O–H groups in total. The lowest BCUT2D eigenvalue weighted by molar-refractivity contribution is -0.141. The van der Waals surface area contributed by atoms with E-state index >= 15 is 0 Å². The molecule has 0 aromatic heterocycles. The fourth-order valence-electron chi connectivity index (χ4n) is 1.22. The summed E-state index contributed by atoms with van der Waals surface area (Å²) in [5.74, 6) is 0.174. The van der Waals surface area contributed by atoms with Gasteiger partial charge < -0.3 is 10.4 Å². The first-order chi connectivity index (χ1) is 7.45. The van der Waals surface area contributed by atoms with Crippen molar-refractivity contribution in [3.63, 3.8) is 0 Å². The zero-order valence-corrected chi connectivity index (χ0v) is 10.6. The lowest BCUT2D eigenvalue weighted by Crippen LogP contribution is -2.39. The molecule has 0 saturated heterocycles. The molecule has 4 heteroatoms. The third kappa shape index (κ3) is 3.45. The van der Waals surface area contributed by atoms with Crippen LogP contribution in [0.1, 0.15) is 20.8 Å². The molecular formula is C12H17NO2S. The quantitative estimate of drug-likeness (QED) is 0.775. The van der Waals surface area contributed by atoms with E-state index in [1.165, 1.54) is 4.90 Å². The van der Waals surface area contributed by atoms with Crippen LogP contribution in [0.5, 0.6) is 0 Å². The number of thioether (sulfide) groups is 1. The van der Waals surface area contributed by atoms with Crippen molar-refractivity contribution in [3.8, 4) is 0 Å². The van der Waals surface area contributed by atoms with Crippen LogP contribution in [0.3, 0.4) is 0 Å². The molecule has 0 spiro atoms. The fraction of sp³-hybridized carbons (Fsp3) is 0.417. The maximum atomic E-state index is 10.9. The van der Waals surface area contributed by atoms with Gasteiger partial charge in [0.25, 0.3) is 0 Å². The summed E-state index contributed by atoms with van der Waals surface area (Å²) >= 11 is 1.76. The summed E-state index contributed by atoms with van der Waals surface area (Å²) in [7, 11) is 0. The van der Waals surface area contributed by atoms with E-state index in [1.54, 1.807) is 25.6 Å². The summed E-state index contributed by atoms with van der Waals surface area (Å²) in [5.41, 5.74) is -0.118. The standard InChI is InChI=1S/C12H17NO2S/c1-4-16-10-7-5-9(6-8-10)13-12(2,3)11(14)15/h5-8,13H,4H2,1-3H3,(H,14,15). The van der Waals surface area contributed by atoms with Crippen molar-refractivity contribution in [1.82, 2.24) is 0 Å². The van der Waals surface area contributed by atoms with Crippen molar-refractivity contribution in [1.29, 1.82) is 0 Å². The number of rotatable bonds is 5. The van der Waals surface area contributed by atoms with Crippen LogP contribution in [-0.2, 0) is 4.79 Å². The number of anilines is 1. The number of carboxylic acid groups (broad SMARTS) is 1. The highest BCUT2D eigenvalue weighted by atomic mass is 32.2. The van der Waals surface area contributed by atoms with Gasteiger partial charge in [-0.2, -0.15) is 0 Å². The number of aliphatic carboxylic acids is 1. The molecule has 16 heavy (non-hydrogen) atoms. The molecule has 0 amide bonds. The first-order valence-electron chi connectivity index (χ1n) is 5.20. The summed E-state index contributed by atoms with van der Waals surface area (Å²) in [6, 6.07) is 7.80. The largest absolute Gasteiger partial charge is 0.480 e. The molecule has 0 heterocycles. The molecule has 1 rings (SSSR count). The summed E-state index contributed by atoms with van der Waals surface area (Å²) in [5, 5.41) is 12.0. The minimum atomic E-state index is -0.945. The molecule has 3 nitrogen and oxygen atoms in total. The molecule has 0 saturated carbocycles. The Morgan fingerprint density at radius 1 is 1.38 bits per heavy atom. The van der Waals surface area contributed by atoms with Gasteiger partial charge in [-0.15, -0.1) is 11.8 Å². The minimum Gasteiger partial charge on any atom is -0.480 e. The molecule has 0 aliphatic rings. The van der Waals surface area contributed by atoms with Crippen LogP contribution in [0.15, 0.2) is 29.2 Å². The molecule has 0 aliphatic carbocycles. The van der Waals surface area contributed by atoms with E-state index < -0.39 is 11.5 Å². The maximum Gasteiger partial charge on any atom is 0.328 e. The monoisotopic (exact) mass is 239 g/mol. The highest BCUT2D eigenvalue weighted by Crippen LogP contribution is 2.21. The topological polar surface area (TPSA) is 49.3 Å². The van der Waals surface area contributed by atoms with Crippen molar-refractivity contribution in [2.45, 2.75) is 31.2 Å². The van der Waals surface area contributed by atoms with Gasteiger partial charge in [0.15, 0.2) is 0 Å². The fourth-order valence-corrected chi connectivity index (χ4v) is 1.88. The van der Waals surface area contributed by atoms with Crippen LogP contribution in [0.2, 0.25) is 0 Å². The predicted molar refractivity (Wildman–Crippen MR) is 68.2 cm³/mol. The van der Waals surface area contributed by atoms with Crippen molar-refractivity contribution in [3.05, 3.63) is 24.3 Å². The number of nitrogens with one attached hydrogen (secondary N) is 1. The molecule has 88 valence electrons. The van der Waals surface area contributed by atoms with E-state index in [4.69, 9.17) is 5.11 Å². The molecule has 0 fully saturated rings. The second-order valence-electron chi connectivity index (χ2n) is 4.01. The van der Waals surface area contributed by atoms with E-state index in [-0.39, 0.29) is 0 Å². The van der Waals surface area contributed by atoms with Crippen LogP contribution >= 0.6 is 11.8 Å². The second kappa shape index (κ2) is 5.25. The van der Waals surface area contributed by atoms with Crippen molar-refractivity contribution in [2.24, 2.45) is 0 Å². The summed E-state index contributed by atoms with van der Waals surface area (Å²) in [6.07, 6.45) is 0. The van der Waals surface area contributed by atoms with Crippen LogP contribution in [0.4, 0.5) is 5.69 Å². The Balaban J connectivity index is 2.72. The van der Waals surface area contributed by atoms with Crippen molar-refractivity contribution < 1.29 is 9.90 Å². The van der Waals surface area contributed by atoms with Gasteiger partial charge in [0.1, 0.15) is 5.54 Å². The molecule has 0 atom stereocenters. The predicted octanol–water partition coefficient (Wildman–Crippen LogP) is 3.07. The SMILES string of the molecule is CCSc1ccc(NC(C)(C)C(=O)O)cc1. The summed E-state index contributed by atoms with van der Waals surface area (Å²) in [4.78, 5) is 12.1. The van der Waals surface area contributed by atoms with Crippen LogP contribution in [-0.4, -0.2) is 22.4 Å². The highest BCUT2D eigenvalue weighted by molar-refractivity contribution is 7.99. The van der Waals surface area contributed by atoms with E-state index in [2.05, 4.69) is 12.2 Å². The number of hydrogen-bond acceptors (Lipinski definition) is 3. The number of carbonyl (C=O) groups is 1. The second-order valence-corrected chi connectivity index (χ2v) is 5.35. The van der Waals surface area contributed by atoms with Crippen LogP contribution in [0.25, 0.3) is 0 Å². The van der Waals surface area contributed by atoms with Crippen molar-refractivity contribution in [2.75, 3.05) is 11.1 Å². The Morgan fingerprint density at radius 3 is 2.38 bits per heavy atom. The molecule has 0 bridgehead atoms. The Morgan fingerprint density at radius 2 is 1.94 bits per heavy atom. The van der Waals surface area contributed by atoms with Crippen LogP contribution in [0, 0.1) is 0 Å². The van der Waals surface area contributed by atoms with Gasteiger partial charge in [0.05, 0.1) is 0 Å². The first kappa shape index (κ1) is 12.9. The van der Waals surface area contributed by atoms with Gasteiger partial charge in [-0.25, -0.2) is 4.79 Å². The number of carboxylic acids is 1. The zero-order valence-electron chi connectivity index (χ0n) is 9.78. The van der Waals surface area contributed by atoms with Gasteiger partial charge in [-0.05, 0) is 43.9 Å². The summed E-state index contributed by atoms with van der Waals surface area (Å²) < 4.78 is 0. The normalized spacial score (nSPS) is 11.2. The lowest BCUT2D eigenvalue weighted by Gasteiger charge is -2.22. The smallest absolute Gasteiger partial charge is 0.328 e. The molecule has 0 radical (unpaired) electrons. The molecule has 1 aromatic rings. The van der Waals surface area contributed by atoms with Gasteiger partial charge in [0.2, 0.25) is 0 Å². The van der Waals surface area contributed by atoms with Gasteiger partial charge in [0, 0.05) is 10.6 Å². The molecule has 0 aliphatic heterocycles. The number of benzene rings is 1. The Labute approximate surface area is 100 Å². The van der Waals surface area contributed by atoms with Crippen LogP contribution < -0.4 is 5.32 Å². The summed E-state index contributed by atoms with van der Waals surface area (Å²) in [6.45, 7) is 5.39. The Bertz CT molecular complexity index is 360. The van der Waals surface area contributed by atoms with E-state index in [9.17, 15) is 4.79 Å². The van der Waals surface area contributed by atoms with Gasteiger partial charge in [-0.3, -0.25) is 0 Å². The molecule has 1 aromatic carbocycles. The third-order valence-corrected chi connectivity index (χ3v) is 3.05. The Kier molecular flexibility index (Phi) is 4.24. The highest BCUT2D eigenvalue weighted by Gasteiger charge is 2.26. The van der Waals surface area contributed by atoms with E-state index in [1.807, 2.05) is 24.3 Å². The lowest BCUT2D eigenvalue weighted by atomic mass is 10.1. The average molecular weight is 239 g/mol. The minimum absolute atomic E-state index is 0.827. The van der Waals surface area contributed by atoms with Crippen molar-refractivity contribution >= 4 is 23.4 Å². The van der Waals surface area contributed by atoms with Gasteiger partial charge in [-0.1, -0.05) is 6.92 Å². The number of hydrogen-bond donors (Lipinski definition) is 2.